The highest BCUT2D eigenvalue weighted by atomic mass is 16.6. The van der Waals surface area contributed by atoms with Gasteiger partial charge in [-0.05, 0) is 50.8 Å². The molecular formula is C22H36N4O3. The normalized spacial score (nSPS) is 15.1. The van der Waals surface area contributed by atoms with Crippen LogP contribution in [0.3, 0.4) is 0 Å². The second kappa shape index (κ2) is 12.9. The van der Waals surface area contributed by atoms with E-state index >= 15 is 0 Å². The first-order valence-electron chi connectivity index (χ1n) is 10.8. The van der Waals surface area contributed by atoms with Crippen molar-refractivity contribution in [3.8, 4) is 5.75 Å². The standard InChI is InChI=1S/C22H36N4O3/c1-4-7-15-29-20-10-8-9-18(16-20)17-24-21(23-5-2)25-19-11-13-26(14-12-19)22(27)28-6-3/h8-10,16,19H,4-7,11-15,17H2,1-3H3,(H2,23,24,25). The van der Waals surface area contributed by atoms with Crippen LogP contribution < -0.4 is 15.4 Å². The molecule has 1 aromatic rings. The first-order chi connectivity index (χ1) is 14.2. The summed E-state index contributed by atoms with van der Waals surface area (Å²) >= 11 is 0. The van der Waals surface area contributed by atoms with Gasteiger partial charge >= 0.3 is 6.09 Å². The van der Waals surface area contributed by atoms with Crippen LogP contribution in [0.15, 0.2) is 29.3 Å². The summed E-state index contributed by atoms with van der Waals surface area (Å²) < 4.78 is 10.9. The van der Waals surface area contributed by atoms with Crippen molar-refractivity contribution in [1.29, 1.82) is 0 Å². The molecule has 1 saturated heterocycles. The Labute approximate surface area is 174 Å². The minimum Gasteiger partial charge on any atom is -0.494 e. The van der Waals surface area contributed by atoms with Crippen LogP contribution >= 0.6 is 0 Å². The minimum atomic E-state index is -0.215. The van der Waals surface area contributed by atoms with Crippen molar-refractivity contribution in [2.24, 2.45) is 4.99 Å². The zero-order valence-electron chi connectivity index (χ0n) is 18.1. The van der Waals surface area contributed by atoms with Crippen LogP contribution in [0.1, 0.15) is 52.0 Å². The van der Waals surface area contributed by atoms with Gasteiger partial charge in [-0.25, -0.2) is 9.79 Å². The number of benzene rings is 1. The number of hydrogen-bond acceptors (Lipinski definition) is 4. The molecule has 1 amide bonds. The van der Waals surface area contributed by atoms with Crippen LogP contribution in [0.2, 0.25) is 0 Å². The summed E-state index contributed by atoms with van der Waals surface area (Å²) in [4.78, 5) is 18.3. The average molecular weight is 405 g/mol. The number of carbonyl (C=O) groups is 1. The van der Waals surface area contributed by atoms with Crippen molar-refractivity contribution in [3.63, 3.8) is 0 Å². The van der Waals surface area contributed by atoms with Gasteiger partial charge in [0.15, 0.2) is 5.96 Å². The van der Waals surface area contributed by atoms with Gasteiger partial charge in [-0.3, -0.25) is 0 Å². The van der Waals surface area contributed by atoms with Crippen molar-refractivity contribution in [2.45, 2.75) is 59.0 Å². The highest BCUT2D eigenvalue weighted by molar-refractivity contribution is 5.80. The van der Waals surface area contributed by atoms with E-state index in [1.54, 1.807) is 4.90 Å². The number of aliphatic imine (C=N–C) groups is 1. The predicted molar refractivity (Wildman–Crippen MR) is 116 cm³/mol. The number of hydrogen-bond donors (Lipinski definition) is 2. The van der Waals surface area contributed by atoms with Crippen LogP contribution in [0, 0.1) is 0 Å². The number of likely N-dealkylation sites (tertiary alicyclic amines) is 1. The van der Waals surface area contributed by atoms with Gasteiger partial charge in [-0.2, -0.15) is 0 Å². The van der Waals surface area contributed by atoms with E-state index in [1.807, 2.05) is 19.1 Å². The van der Waals surface area contributed by atoms with E-state index in [0.717, 1.165) is 56.1 Å². The molecule has 0 unspecified atom stereocenters. The van der Waals surface area contributed by atoms with Crippen molar-refractivity contribution in [2.75, 3.05) is 32.8 Å². The number of nitrogens with one attached hydrogen (secondary N) is 2. The van der Waals surface area contributed by atoms with Crippen LogP contribution in [-0.4, -0.2) is 55.8 Å². The molecule has 2 rings (SSSR count). The molecule has 0 saturated carbocycles. The lowest BCUT2D eigenvalue weighted by Gasteiger charge is -2.32. The fraction of sp³-hybridized carbons (Fsp3) is 0.636. The van der Waals surface area contributed by atoms with E-state index < -0.39 is 0 Å². The van der Waals surface area contributed by atoms with Gasteiger partial charge < -0.3 is 25.0 Å². The highest BCUT2D eigenvalue weighted by Crippen LogP contribution is 2.15. The Balaban J connectivity index is 1.87. The van der Waals surface area contributed by atoms with E-state index in [1.165, 1.54) is 0 Å². The minimum absolute atomic E-state index is 0.215. The first kappa shape index (κ1) is 22.8. The molecular weight excluding hydrogens is 368 g/mol. The average Bonchev–Trinajstić information content (AvgIpc) is 2.73. The van der Waals surface area contributed by atoms with E-state index in [0.29, 0.717) is 32.3 Å². The van der Waals surface area contributed by atoms with Gasteiger partial charge in [-0.1, -0.05) is 25.5 Å². The second-order valence-electron chi connectivity index (χ2n) is 7.15. The summed E-state index contributed by atoms with van der Waals surface area (Å²) in [5.74, 6) is 1.70. The molecule has 162 valence electrons. The van der Waals surface area contributed by atoms with Gasteiger partial charge in [-0.15, -0.1) is 0 Å². The first-order valence-corrected chi connectivity index (χ1v) is 10.8. The van der Waals surface area contributed by atoms with Gasteiger partial charge in [0.1, 0.15) is 5.75 Å². The zero-order valence-corrected chi connectivity index (χ0v) is 18.1. The Morgan fingerprint density at radius 1 is 1.24 bits per heavy atom. The maximum absolute atomic E-state index is 11.8. The number of nitrogens with zero attached hydrogens (tertiary/aromatic N) is 2. The Morgan fingerprint density at radius 3 is 2.72 bits per heavy atom. The molecule has 1 fully saturated rings. The summed E-state index contributed by atoms with van der Waals surface area (Å²) in [5, 5.41) is 6.82. The third kappa shape index (κ3) is 8.21. The maximum Gasteiger partial charge on any atom is 0.409 e. The van der Waals surface area contributed by atoms with Crippen molar-refractivity contribution in [3.05, 3.63) is 29.8 Å². The molecule has 7 nitrogen and oxygen atoms in total. The molecule has 7 heteroatoms. The maximum atomic E-state index is 11.8. The fourth-order valence-corrected chi connectivity index (χ4v) is 3.17. The lowest BCUT2D eigenvalue weighted by Crippen LogP contribution is -2.49. The lowest BCUT2D eigenvalue weighted by molar-refractivity contribution is 0.0963. The Morgan fingerprint density at radius 2 is 2.03 bits per heavy atom. The molecule has 1 heterocycles. The smallest absolute Gasteiger partial charge is 0.409 e. The highest BCUT2D eigenvalue weighted by Gasteiger charge is 2.24. The SMILES string of the molecule is CCCCOc1cccc(CN=C(NCC)NC2CCN(C(=O)OCC)CC2)c1. The number of piperidine rings is 1. The number of amides is 1. The molecule has 1 aliphatic rings. The number of rotatable bonds is 9. The van der Waals surface area contributed by atoms with Crippen LogP contribution in [0.5, 0.6) is 5.75 Å². The van der Waals surface area contributed by atoms with E-state index in [2.05, 4.69) is 36.6 Å². The summed E-state index contributed by atoms with van der Waals surface area (Å²) in [6, 6.07) is 8.42. The van der Waals surface area contributed by atoms with Crippen molar-refractivity contribution >= 4 is 12.1 Å². The zero-order chi connectivity index (χ0) is 20.9. The number of carbonyl (C=O) groups excluding carboxylic acids is 1. The van der Waals surface area contributed by atoms with Crippen LogP contribution in [-0.2, 0) is 11.3 Å². The fourth-order valence-electron chi connectivity index (χ4n) is 3.17. The van der Waals surface area contributed by atoms with Gasteiger partial charge in [0, 0.05) is 25.7 Å². The molecule has 0 spiro atoms. The second-order valence-corrected chi connectivity index (χ2v) is 7.15. The molecule has 0 radical (unpaired) electrons. The number of guanidine groups is 1. The van der Waals surface area contributed by atoms with Gasteiger partial charge in [0.2, 0.25) is 0 Å². The monoisotopic (exact) mass is 404 g/mol. The lowest BCUT2D eigenvalue weighted by atomic mass is 10.1. The number of unbranched alkanes of at least 4 members (excludes halogenated alkanes) is 1. The van der Waals surface area contributed by atoms with E-state index in [9.17, 15) is 4.79 Å². The molecule has 0 atom stereocenters. The largest absolute Gasteiger partial charge is 0.494 e. The van der Waals surface area contributed by atoms with Crippen LogP contribution in [0.4, 0.5) is 4.79 Å². The third-order valence-electron chi connectivity index (χ3n) is 4.79. The molecule has 29 heavy (non-hydrogen) atoms. The predicted octanol–water partition coefficient (Wildman–Crippen LogP) is 3.54. The molecule has 2 N–H and O–H groups in total. The number of ether oxygens (including phenoxy) is 2. The molecule has 1 aromatic carbocycles. The Kier molecular flexibility index (Phi) is 10.2. The van der Waals surface area contributed by atoms with Gasteiger partial charge in [0.25, 0.3) is 0 Å². The van der Waals surface area contributed by atoms with Crippen molar-refractivity contribution in [1.82, 2.24) is 15.5 Å². The van der Waals surface area contributed by atoms with E-state index in [-0.39, 0.29) is 6.09 Å². The quantitative estimate of drug-likeness (QED) is 0.374. The summed E-state index contributed by atoms with van der Waals surface area (Å²) in [7, 11) is 0. The Bertz CT molecular complexity index is 643. The van der Waals surface area contributed by atoms with E-state index in [4.69, 9.17) is 14.5 Å². The van der Waals surface area contributed by atoms with Crippen molar-refractivity contribution < 1.29 is 14.3 Å². The summed E-state index contributed by atoms with van der Waals surface area (Å²) in [6.45, 7) is 10.00. The third-order valence-corrected chi connectivity index (χ3v) is 4.79. The Hall–Kier alpha value is -2.44. The molecule has 0 bridgehead atoms. The van der Waals surface area contributed by atoms with Gasteiger partial charge in [0.05, 0.1) is 19.8 Å². The molecule has 0 aromatic heterocycles. The topological polar surface area (TPSA) is 75.2 Å². The molecule has 0 aliphatic carbocycles. The van der Waals surface area contributed by atoms with Crippen LogP contribution in [0.25, 0.3) is 0 Å². The molecule has 1 aliphatic heterocycles. The summed E-state index contributed by atoms with van der Waals surface area (Å²) in [5.41, 5.74) is 1.12. The summed E-state index contributed by atoms with van der Waals surface area (Å²) in [6.07, 6.45) is 3.73.